The number of carbonyl (C=O) groups is 1. The van der Waals surface area contributed by atoms with Crippen LogP contribution in [0.3, 0.4) is 0 Å². The molecule has 2 aliphatic heterocycles. The lowest BCUT2D eigenvalue weighted by Crippen LogP contribution is -2.15. The highest BCUT2D eigenvalue weighted by atomic mass is 16.6. The molecule has 1 saturated heterocycles. The van der Waals surface area contributed by atoms with E-state index < -0.39 is 0 Å². The lowest BCUT2D eigenvalue weighted by molar-refractivity contribution is -0.140. The largest absolute Gasteiger partial charge is 0.469 e. The van der Waals surface area contributed by atoms with Crippen molar-refractivity contribution < 1.29 is 18.7 Å². The number of rotatable bonds is 0. The Labute approximate surface area is 111 Å². The van der Waals surface area contributed by atoms with E-state index in [0.29, 0.717) is 0 Å². The fourth-order valence-electron chi connectivity index (χ4n) is 3.25. The zero-order chi connectivity index (χ0) is 13.2. The molecule has 4 heteroatoms. The first kappa shape index (κ1) is 11.3. The summed E-state index contributed by atoms with van der Waals surface area (Å²) in [7, 11) is 0. The van der Waals surface area contributed by atoms with Crippen molar-refractivity contribution in [2.45, 2.75) is 50.9 Å². The third-order valence-corrected chi connectivity index (χ3v) is 4.46. The summed E-state index contributed by atoms with van der Waals surface area (Å²) in [5.74, 6) is 0.695. The molecule has 1 aromatic heterocycles. The van der Waals surface area contributed by atoms with Crippen LogP contribution >= 0.6 is 0 Å². The molecule has 1 aromatic rings. The molecule has 2 bridgehead atoms. The van der Waals surface area contributed by atoms with Crippen molar-refractivity contribution in [1.82, 2.24) is 0 Å². The topological polar surface area (TPSA) is 52.0 Å². The second-order valence-electron chi connectivity index (χ2n) is 5.91. The van der Waals surface area contributed by atoms with E-state index in [1.807, 2.05) is 13.0 Å². The van der Waals surface area contributed by atoms with Gasteiger partial charge in [-0.15, -0.1) is 0 Å². The van der Waals surface area contributed by atoms with Crippen LogP contribution < -0.4 is 0 Å². The normalized spacial score (nSPS) is 36.1. The molecule has 1 fully saturated rings. The number of epoxide rings is 1. The van der Waals surface area contributed by atoms with Gasteiger partial charge in [0.15, 0.2) is 0 Å². The second kappa shape index (κ2) is 3.51. The number of esters is 1. The highest BCUT2D eigenvalue weighted by Crippen LogP contribution is 2.46. The summed E-state index contributed by atoms with van der Waals surface area (Å²) in [6, 6.07) is 0. The van der Waals surface area contributed by atoms with Gasteiger partial charge in [0.05, 0.1) is 18.0 Å². The van der Waals surface area contributed by atoms with Gasteiger partial charge in [-0.2, -0.15) is 0 Å². The fourth-order valence-corrected chi connectivity index (χ4v) is 3.25. The van der Waals surface area contributed by atoms with Crippen LogP contribution in [0.2, 0.25) is 0 Å². The van der Waals surface area contributed by atoms with Crippen LogP contribution in [-0.2, 0) is 20.7 Å². The minimum atomic E-state index is -0.282. The molecule has 100 valence electrons. The van der Waals surface area contributed by atoms with E-state index in [9.17, 15) is 4.79 Å². The molecular formula is C15H16O4. The van der Waals surface area contributed by atoms with Crippen molar-refractivity contribution in [3.05, 3.63) is 34.8 Å². The molecule has 0 spiro atoms. The van der Waals surface area contributed by atoms with Gasteiger partial charge < -0.3 is 13.9 Å². The molecule has 0 radical (unpaired) electrons. The Bertz CT molecular complexity index is 597. The van der Waals surface area contributed by atoms with E-state index in [4.69, 9.17) is 13.9 Å². The molecule has 1 aliphatic carbocycles. The molecule has 19 heavy (non-hydrogen) atoms. The van der Waals surface area contributed by atoms with Gasteiger partial charge >= 0.3 is 5.97 Å². The Balaban J connectivity index is 1.82. The van der Waals surface area contributed by atoms with Crippen LogP contribution in [0.25, 0.3) is 0 Å². The van der Waals surface area contributed by atoms with Gasteiger partial charge in [-0.25, -0.2) is 4.79 Å². The van der Waals surface area contributed by atoms with Gasteiger partial charge in [-0.05, 0) is 38.3 Å². The van der Waals surface area contributed by atoms with Crippen LogP contribution in [0.4, 0.5) is 0 Å². The molecule has 3 heterocycles. The number of carbonyl (C=O) groups excluding carboxylic acids is 1. The maximum Gasteiger partial charge on any atom is 0.334 e. The highest BCUT2D eigenvalue weighted by molar-refractivity contribution is 5.91. The predicted octanol–water partition coefficient (Wildman–Crippen LogP) is 2.61. The third-order valence-electron chi connectivity index (χ3n) is 4.46. The number of furan rings is 1. The molecule has 3 aliphatic rings. The van der Waals surface area contributed by atoms with Crippen molar-refractivity contribution in [2.75, 3.05) is 0 Å². The number of fused-ring (bicyclic) bond motifs is 4. The van der Waals surface area contributed by atoms with E-state index in [1.54, 1.807) is 6.26 Å². The van der Waals surface area contributed by atoms with Crippen molar-refractivity contribution in [3.63, 3.8) is 0 Å². The molecule has 0 saturated carbocycles. The average molecular weight is 260 g/mol. The standard InChI is InChI=1S/C15H16O4/c1-8-7-17-11-6-15(2)12(19-15)4-3-9-5-10(13(8)11)18-14(9)16/h5,7,10,12H,3-4,6H2,1-2H3/t10-,12-,15-/m1/s1. The van der Waals surface area contributed by atoms with E-state index >= 15 is 0 Å². The van der Waals surface area contributed by atoms with E-state index in [1.165, 1.54) is 0 Å². The summed E-state index contributed by atoms with van der Waals surface area (Å²) in [5.41, 5.74) is 2.67. The van der Waals surface area contributed by atoms with Gasteiger partial charge in [0, 0.05) is 17.6 Å². The zero-order valence-electron chi connectivity index (χ0n) is 11.1. The minimum Gasteiger partial charge on any atom is -0.469 e. The Hall–Kier alpha value is -1.55. The van der Waals surface area contributed by atoms with Gasteiger partial charge in [-0.1, -0.05) is 0 Å². The van der Waals surface area contributed by atoms with Gasteiger partial charge in [0.25, 0.3) is 0 Å². The van der Waals surface area contributed by atoms with Crippen LogP contribution in [0, 0.1) is 6.92 Å². The van der Waals surface area contributed by atoms with E-state index in [-0.39, 0.29) is 23.8 Å². The Morgan fingerprint density at radius 3 is 3.11 bits per heavy atom. The first-order valence-electron chi connectivity index (χ1n) is 6.73. The van der Waals surface area contributed by atoms with Crippen LogP contribution in [-0.4, -0.2) is 17.7 Å². The fraction of sp³-hybridized carbons (Fsp3) is 0.533. The summed E-state index contributed by atoms with van der Waals surface area (Å²) in [5, 5.41) is 0. The van der Waals surface area contributed by atoms with Crippen LogP contribution in [0.15, 0.2) is 22.3 Å². The van der Waals surface area contributed by atoms with E-state index in [2.05, 4.69) is 6.92 Å². The lowest BCUT2D eigenvalue weighted by atomic mass is 9.92. The maximum absolute atomic E-state index is 11.9. The zero-order valence-corrected chi connectivity index (χ0v) is 11.1. The molecule has 3 atom stereocenters. The molecule has 0 aromatic carbocycles. The molecule has 0 amide bonds. The molecular weight excluding hydrogens is 244 g/mol. The summed E-state index contributed by atoms with van der Waals surface area (Å²) in [6.07, 6.45) is 5.98. The van der Waals surface area contributed by atoms with Gasteiger partial charge in [-0.3, -0.25) is 0 Å². The molecule has 0 N–H and O–H groups in total. The summed E-state index contributed by atoms with van der Waals surface area (Å²) in [6.45, 7) is 4.10. The minimum absolute atomic E-state index is 0.139. The van der Waals surface area contributed by atoms with Crippen molar-refractivity contribution in [2.24, 2.45) is 0 Å². The van der Waals surface area contributed by atoms with Crippen molar-refractivity contribution >= 4 is 5.97 Å². The third kappa shape index (κ3) is 1.59. The summed E-state index contributed by atoms with van der Waals surface area (Å²) in [4.78, 5) is 11.9. The van der Waals surface area contributed by atoms with Crippen LogP contribution in [0.5, 0.6) is 0 Å². The number of aryl methyl sites for hydroxylation is 1. The Morgan fingerprint density at radius 2 is 2.26 bits per heavy atom. The number of hydrogen-bond donors (Lipinski definition) is 0. The first-order chi connectivity index (χ1) is 9.07. The molecule has 4 rings (SSSR count). The second-order valence-corrected chi connectivity index (χ2v) is 5.91. The Kier molecular flexibility index (Phi) is 2.09. The molecule has 4 nitrogen and oxygen atoms in total. The van der Waals surface area contributed by atoms with Crippen molar-refractivity contribution in [3.8, 4) is 0 Å². The van der Waals surface area contributed by atoms with Crippen molar-refractivity contribution in [1.29, 1.82) is 0 Å². The maximum atomic E-state index is 11.9. The monoisotopic (exact) mass is 260 g/mol. The number of ether oxygens (including phenoxy) is 2. The highest BCUT2D eigenvalue weighted by Gasteiger charge is 2.53. The van der Waals surface area contributed by atoms with Gasteiger partial charge in [0.2, 0.25) is 0 Å². The number of hydrogen-bond acceptors (Lipinski definition) is 4. The molecule has 0 unspecified atom stereocenters. The summed E-state index contributed by atoms with van der Waals surface area (Å²) < 4.78 is 16.9. The van der Waals surface area contributed by atoms with Gasteiger partial charge in [0.1, 0.15) is 11.9 Å². The van der Waals surface area contributed by atoms with E-state index in [0.717, 1.165) is 41.7 Å². The van der Waals surface area contributed by atoms with Crippen LogP contribution in [0.1, 0.15) is 42.8 Å². The SMILES string of the molecule is Cc1coc2c1[C@H]1C=C(CC[C@H]3O[C@]3(C)C2)C(=O)O1. The average Bonchev–Trinajstić information content (AvgIpc) is 2.65. The lowest BCUT2D eigenvalue weighted by Gasteiger charge is -2.12. The predicted molar refractivity (Wildman–Crippen MR) is 66.6 cm³/mol. The summed E-state index contributed by atoms with van der Waals surface area (Å²) >= 11 is 0. The first-order valence-corrected chi connectivity index (χ1v) is 6.73. The quantitative estimate of drug-likeness (QED) is 0.531. The smallest absolute Gasteiger partial charge is 0.334 e. The Morgan fingerprint density at radius 1 is 1.42 bits per heavy atom.